The third-order valence-corrected chi connectivity index (χ3v) is 7.60. The third kappa shape index (κ3) is 4.84. The fraction of sp³-hybridized carbons (Fsp3) is 0.414. The molecule has 5 nitrogen and oxygen atoms in total. The van der Waals surface area contributed by atoms with Crippen LogP contribution in [0.5, 0.6) is 0 Å². The highest BCUT2D eigenvalue weighted by atomic mass is 16.5. The van der Waals surface area contributed by atoms with E-state index < -0.39 is 5.97 Å². The van der Waals surface area contributed by atoms with Crippen LogP contribution in [0.4, 0.5) is 5.69 Å². The highest BCUT2D eigenvalue weighted by molar-refractivity contribution is 6.06. The Hall–Kier alpha value is -3.21. The zero-order valence-corrected chi connectivity index (χ0v) is 20.8. The molecule has 3 aromatic rings. The zero-order valence-electron chi connectivity index (χ0n) is 20.8. The SMILES string of the molecule is CCC(C)(C)C1CCc2nc3ccccc3c(C(=O)OCC(=O)Nc3ccc(C)c(C)c3)c2C1. The summed E-state index contributed by atoms with van der Waals surface area (Å²) in [4.78, 5) is 30.8. The molecule has 1 N–H and O–H groups in total. The van der Waals surface area contributed by atoms with E-state index in [0.29, 0.717) is 17.2 Å². The van der Waals surface area contributed by atoms with Gasteiger partial charge in [0, 0.05) is 16.8 Å². The lowest BCUT2D eigenvalue weighted by atomic mass is 9.68. The Bertz CT molecular complexity index is 1250. The number of hydrogen-bond acceptors (Lipinski definition) is 4. The Morgan fingerprint density at radius 2 is 1.88 bits per heavy atom. The van der Waals surface area contributed by atoms with Crippen molar-refractivity contribution in [3.63, 3.8) is 0 Å². The average Bonchev–Trinajstić information content (AvgIpc) is 2.83. The Morgan fingerprint density at radius 3 is 2.62 bits per heavy atom. The van der Waals surface area contributed by atoms with Crippen molar-refractivity contribution in [2.75, 3.05) is 11.9 Å². The second kappa shape index (κ2) is 9.57. The summed E-state index contributed by atoms with van der Waals surface area (Å²) in [7, 11) is 0. The molecule has 34 heavy (non-hydrogen) atoms. The fourth-order valence-electron chi connectivity index (χ4n) is 4.80. The summed E-state index contributed by atoms with van der Waals surface area (Å²) in [5.41, 5.74) is 6.44. The topological polar surface area (TPSA) is 68.3 Å². The molecule has 1 aliphatic rings. The molecule has 1 atom stereocenters. The predicted octanol–water partition coefficient (Wildman–Crippen LogP) is 6.19. The number of carbonyl (C=O) groups is 2. The van der Waals surface area contributed by atoms with Gasteiger partial charge in [-0.2, -0.15) is 0 Å². The van der Waals surface area contributed by atoms with Crippen molar-refractivity contribution in [1.82, 2.24) is 4.98 Å². The number of pyridine rings is 1. The summed E-state index contributed by atoms with van der Waals surface area (Å²) in [5.74, 6) is -0.346. The molecule has 0 fully saturated rings. The smallest absolute Gasteiger partial charge is 0.339 e. The second-order valence-corrected chi connectivity index (χ2v) is 10.1. The van der Waals surface area contributed by atoms with Crippen molar-refractivity contribution in [3.05, 3.63) is 70.4 Å². The number of nitrogens with zero attached hydrogens (tertiary/aromatic N) is 1. The maximum absolute atomic E-state index is 13.4. The average molecular weight is 459 g/mol. The molecule has 0 radical (unpaired) electrons. The van der Waals surface area contributed by atoms with E-state index in [2.05, 4.69) is 26.1 Å². The van der Waals surface area contributed by atoms with Crippen molar-refractivity contribution in [1.29, 1.82) is 0 Å². The maximum Gasteiger partial charge on any atom is 0.339 e. The first-order chi connectivity index (χ1) is 16.2. The van der Waals surface area contributed by atoms with Gasteiger partial charge in [0.1, 0.15) is 0 Å². The van der Waals surface area contributed by atoms with Crippen LogP contribution in [-0.4, -0.2) is 23.5 Å². The fourth-order valence-corrected chi connectivity index (χ4v) is 4.80. The number of aromatic nitrogens is 1. The van der Waals surface area contributed by atoms with E-state index >= 15 is 0 Å². The quantitative estimate of drug-likeness (QED) is 0.447. The number of rotatable bonds is 6. The minimum Gasteiger partial charge on any atom is -0.452 e. The highest BCUT2D eigenvalue weighted by Gasteiger charge is 2.34. The van der Waals surface area contributed by atoms with Crippen molar-refractivity contribution in [2.45, 2.75) is 60.3 Å². The van der Waals surface area contributed by atoms with Crippen LogP contribution in [0.25, 0.3) is 10.9 Å². The number of carbonyl (C=O) groups excluding carboxylic acids is 2. The van der Waals surface area contributed by atoms with Gasteiger partial charge < -0.3 is 10.1 Å². The minimum atomic E-state index is -0.458. The molecule has 0 saturated carbocycles. The molecule has 1 aromatic heterocycles. The molecule has 0 aliphatic heterocycles. The molecule has 5 heteroatoms. The van der Waals surface area contributed by atoms with Crippen molar-refractivity contribution in [2.24, 2.45) is 11.3 Å². The van der Waals surface area contributed by atoms with Crippen LogP contribution in [0.3, 0.4) is 0 Å². The minimum absolute atomic E-state index is 0.177. The normalized spacial score (nSPS) is 15.6. The largest absolute Gasteiger partial charge is 0.452 e. The first kappa shape index (κ1) is 23.9. The van der Waals surface area contributed by atoms with E-state index in [1.807, 2.05) is 56.3 Å². The number of benzene rings is 2. The van der Waals surface area contributed by atoms with Gasteiger partial charge in [-0.05, 0) is 79.3 Å². The number of para-hydroxylation sites is 1. The molecule has 1 aliphatic carbocycles. The number of esters is 1. The lowest BCUT2D eigenvalue weighted by Gasteiger charge is -2.37. The van der Waals surface area contributed by atoms with Gasteiger partial charge in [0.2, 0.25) is 0 Å². The Morgan fingerprint density at radius 1 is 1.12 bits per heavy atom. The molecule has 0 saturated heterocycles. The number of aryl methyl sites for hydroxylation is 3. The summed E-state index contributed by atoms with van der Waals surface area (Å²) in [6.07, 6.45) is 3.79. The van der Waals surface area contributed by atoms with Crippen LogP contribution in [0.2, 0.25) is 0 Å². The highest BCUT2D eigenvalue weighted by Crippen LogP contribution is 2.41. The van der Waals surface area contributed by atoms with Gasteiger partial charge in [-0.25, -0.2) is 4.79 Å². The van der Waals surface area contributed by atoms with Gasteiger partial charge in [0.25, 0.3) is 5.91 Å². The summed E-state index contributed by atoms with van der Waals surface area (Å²) in [6.45, 7) is 10.5. The van der Waals surface area contributed by atoms with Gasteiger partial charge in [0.15, 0.2) is 6.61 Å². The Kier molecular flexibility index (Phi) is 6.74. The number of hydrogen-bond donors (Lipinski definition) is 1. The van der Waals surface area contributed by atoms with Gasteiger partial charge >= 0.3 is 5.97 Å². The van der Waals surface area contributed by atoms with Gasteiger partial charge in [-0.15, -0.1) is 0 Å². The molecule has 0 bridgehead atoms. The molecular weight excluding hydrogens is 424 g/mol. The molecule has 4 rings (SSSR count). The van der Waals surface area contributed by atoms with Crippen LogP contribution in [0, 0.1) is 25.2 Å². The van der Waals surface area contributed by atoms with Gasteiger partial charge in [-0.3, -0.25) is 9.78 Å². The molecule has 1 heterocycles. The van der Waals surface area contributed by atoms with Crippen LogP contribution in [-0.2, 0) is 22.4 Å². The van der Waals surface area contributed by atoms with Crippen molar-refractivity contribution < 1.29 is 14.3 Å². The van der Waals surface area contributed by atoms with E-state index in [0.717, 1.165) is 59.0 Å². The van der Waals surface area contributed by atoms with E-state index in [4.69, 9.17) is 9.72 Å². The third-order valence-electron chi connectivity index (χ3n) is 7.60. The van der Waals surface area contributed by atoms with E-state index in [9.17, 15) is 9.59 Å². The number of ether oxygens (including phenoxy) is 1. The first-order valence-electron chi connectivity index (χ1n) is 12.1. The summed E-state index contributed by atoms with van der Waals surface area (Å²) < 4.78 is 5.56. The summed E-state index contributed by atoms with van der Waals surface area (Å²) >= 11 is 0. The maximum atomic E-state index is 13.4. The molecule has 2 aromatic carbocycles. The first-order valence-corrected chi connectivity index (χ1v) is 12.1. The molecular formula is C29H34N2O3. The monoisotopic (exact) mass is 458 g/mol. The second-order valence-electron chi connectivity index (χ2n) is 10.1. The Balaban J connectivity index is 1.59. The van der Waals surface area contributed by atoms with Gasteiger partial charge in [-0.1, -0.05) is 51.5 Å². The van der Waals surface area contributed by atoms with Crippen molar-refractivity contribution >= 4 is 28.5 Å². The van der Waals surface area contributed by atoms with Crippen LogP contribution >= 0.6 is 0 Å². The van der Waals surface area contributed by atoms with Crippen LogP contribution in [0.15, 0.2) is 42.5 Å². The molecule has 0 spiro atoms. The van der Waals surface area contributed by atoms with E-state index in [1.54, 1.807) is 0 Å². The Labute approximate surface area is 201 Å². The van der Waals surface area contributed by atoms with Crippen LogP contribution in [0.1, 0.15) is 66.4 Å². The number of nitrogens with one attached hydrogen (secondary N) is 1. The predicted molar refractivity (Wildman–Crippen MR) is 136 cm³/mol. The summed E-state index contributed by atoms with van der Waals surface area (Å²) in [6, 6.07) is 13.4. The van der Waals surface area contributed by atoms with E-state index in [1.165, 1.54) is 0 Å². The molecule has 178 valence electrons. The van der Waals surface area contributed by atoms with Gasteiger partial charge in [0.05, 0.1) is 11.1 Å². The zero-order chi connectivity index (χ0) is 24.5. The lowest BCUT2D eigenvalue weighted by Crippen LogP contribution is -2.31. The molecule has 1 unspecified atom stereocenters. The molecule has 1 amide bonds. The number of amides is 1. The van der Waals surface area contributed by atoms with Crippen LogP contribution < -0.4 is 5.32 Å². The number of anilines is 1. The van der Waals surface area contributed by atoms with Crippen molar-refractivity contribution in [3.8, 4) is 0 Å². The van der Waals surface area contributed by atoms with E-state index in [-0.39, 0.29) is 17.9 Å². The lowest BCUT2D eigenvalue weighted by molar-refractivity contribution is -0.119. The standard InChI is InChI=1S/C29H34N2O3/c1-6-29(4,5)20-12-14-25-23(16-20)27(22-9-7-8-10-24(22)31-25)28(33)34-17-26(32)30-21-13-11-18(2)19(3)15-21/h7-11,13,15,20H,6,12,14,16-17H2,1-5H3,(H,30,32). The number of fused-ring (bicyclic) bond motifs is 2. The summed E-state index contributed by atoms with van der Waals surface area (Å²) in [5, 5.41) is 3.61.